The molecule has 1 aliphatic heterocycles. The zero-order chi connectivity index (χ0) is 13.0. The molecule has 2 aliphatic rings. The number of amides is 2. The van der Waals surface area contributed by atoms with Crippen molar-refractivity contribution in [1.29, 1.82) is 0 Å². The van der Waals surface area contributed by atoms with Crippen molar-refractivity contribution in [3.8, 4) is 0 Å². The van der Waals surface area contributed by atoms with Crippen LogP contribution in [0.5, 0.6) is 0 Å². The summed E-state index contributed by atoms with van der Waals surface area (Å²) in [7, 11) is 0. The number of carboxylic acid groups (broad SMARTS) is 1. The summed E-state index contributed by atoms with van der Waals surface area (Å²) in [6.45, 7) is 2.50. The Morgan fingerprint density at radius 3 is 2.78 bits per heavy atom. The van der Waals surface area contributed by atoms with Gasteiger partial charge in [0, 0.05) is 25.7 Å². The lowest BCUT2D eigenvalue weighted by molar-refractivity contribution is -0.137. The summed E-state index contributed by atoms with van der Waals surface area (Å²) < 4.78 is 5.29. The van der Waals surface area contributed by atoms with Crippen molar-refractivity contribution >= 4 is 12.0 Å². The second kappa shape index (κ2) is 6.04. The number of urea groups is 1. The molecule has 2 fully saturated rings. The summed E-state index contributed by atoms with van der Waals surface area (Å²) in [6, 6.07) is -0.377. The lowest BCUT2D eigenvalue weighted by Crippen LogP contribution is -2.47. The first-order chi connectivity index (χ1) is 8.66. The van der Waals surface area contributed by atoms with Crippen molar-refractivity contribution in [1.82, 2.24) is 10.2 Å². The standard InChI is InChI=1S/C12H20N2O4/c15-11(16)8-10(9-2-3-9)13-12(17)14-4-1-6-18-7-5-14/h9-10H,1-8H2,(H,13,17)(H,15,16). The molecule has 6 nitrogen and oxygen atoms in total. The van der Waals surface area contributed by atoms with Crippen molar-refractivity contribution in [3.05, 3.63) is 0 Å². The van der Waals surface area contributed by atoms with Gasteiger partial charge in [-0.15, -0.1) is 0 Å². The van der Waals surface area contributed by atoms with Crippen LogP contribution in [-0.4, -0.2) is 54.4 Å². The van der Waals surface area contributed by atoms with Crippen LogP contribution >= 0.6 is 0 Å². The molecule has 1 aliphatic carbocycles. The zero-order valence-corrected chi connectivity index (χ0v) is 10.4. The molecule has 1 heterocycles. The van der Waals surface area contributed by atoms with Crippen LogP contribution in [0.4, 0.5) is 4.79 Å². The highest BCUT2D eigenvalue weighted by atomic mass is 16.5. The molecular formula is C12H20N2O4. The van der Waals surface area contributed by atoms with Crippen LogP contribution in [0.15, 0.2) is 0 Å². The van der Waals surface area contributed by atoms with Crippen LogP contribution in [0.2, 0.25) is 0 Å². The maximum Gasteiger partial charge on any atom is 0.317 e. The van der Waals surface area contributed by atoms with Gasteiger partial charge in [0.25, 0.3) is 0 Å². The summed E-state index contributed by atoms with van der Waals surface area (Å²) >= 11 is 0. The van der Waals surface area contributed by atoms with Gasteiger partial charge in [-0.25, -0.2) is 4.79 Å². The number of carbonyl (C=O) groups is 2. The van der Waals surface area contributed by atoms with Crippen LogP contribution in [0.1, 0.15) is 25.7 Å². The molecule has 18 heavy (non-hydrogen) atoms. The number of rotatable bonds is 4. The van der Waals surface area contributed by atoms with Gasteiger partial charge in [-0.1, -0.05) is 0 Å². The van der Waals surface area contributed by atoms with Crippen molar-refractivity contribution < 1.29 is 19.4 Å². The smallest absolute Gasteiger partial charge is 0.317 e. The minimum Gasteiger partial charge on any atom is -0.481 e. The molecule has 1 unspecified atom stereocenters. The fourth-order valence-corrected chi connectivity index (χ4v) is 2.22. The predicted molar refractivity (Wildman–Crippen MR) is 64.3 cm³/mol. The van der Waals surface area contributed by atoms with E-state index in [1.165, 1.54) is 0 Å². The first-order valence-electron chi connectivity index (χ1n) is 6.52. The Balaban J connectivity index is 1.85. The summed E-state index contributed by atoms with van der Waals surface area (Å²) in [6.07, 6.45) is 2.88. The minimum atomic E-state index is -0.855. The van der Waals surface area contributed by atoms with Gasteiger partial charge in [0.1, 0.15) is 0 Å². The highest BCUT2D eigenvalue weighted by Gasteiger charge is 2.34. The molecule has 6 heteroatoms. The van der Waals surface area contributed by atoms with Gasteiger partial charge < -0.3 is 20.1 Å². The SMILES string of the molecule is O=C(O)CC(NC(=O)N1CCCOCC1)C1CC1. The molecule has 0 radical (unpaired) electrons. The lowest BCUT2D eigenvalue weighted by atomic mass is 10.1. The van der Waals surface area contributed by atoms with E-state index in [0.717, 1.165) is 19.3 Å². The summed E-state index contributed by atoms with van der Waals surface area (Å²) in [4.78, 5) is 24.5. The molecule has 1 atom stereocenters. The van der Waals surface area contributed by atoms with Crippen LogP contribution < -0.4 is 5.32 Å². The molecule has 102 valence electrons. The Morgan fingerprint density at radius 1 is 1.33 bits per heavy atom. The topological polar surface area (TPSA) is 78.9 Å². The Labute approximate surface area is 106 Å². The summed E-state index contributed by atoms with van der Waals surface area (Å²) in [5.41, 5.74) is 0. The molecule has 0 aromatic heterocycles. The van der Waals surface area contributed by atoms with E-state index in [4.69, 9.17) is 9.84 Å². The molecule has 1 saturated carbocycles. The number of carbonyl (C=O) groups excluding carboxylic acids is 1. The van der Waals surface area contributed by atoms with Gasteiger partial charge in [-0.3, -0.25) is 4.79 Å². The Kier molecular flexibility index (Phi) is 4.41. The molecule has 0 spiro atoms. The van der Waals surface area contributed by atoms with Gasteiger partial charge in [0.15, 0.2) is 0 Å². The Hall–Kier alpha value is -1.30. The lowest BCUT2D eigenvalue weighted by Gasteiger charge is -2.24. The van der Waals surface area contributed by atoms with Gasteiger partial charge in [0.2, 0.25) is 0 Å². The molecule has 0 aromatic rings. The van der Waals surface area contributed by atoms with Gasteiger partial charge in [-0.2, -0.15) is 0 Å². The van der Waals surface area contributed by atoms with Gasteiger partial charge >= 0.3 is 12.0 Å². The molecular weight excluding hydrogens is 236 g/mol. The number of hydrogen-bond acceptors (Lipinski definition) is 3. The number of nitrogens with one attached hydrogen (secondary N) is 1. The highest BCUT2D eigenvalue weighted by molar-refractivity contribution is 5.76. The first-order valence-corrected chi connectivity index (χ1v) is 6.52. The third kappa shape index (κ3) is 3.87. The average molecular weight is 256 g/mol. The molecule has 2 amide bonds. The number of ether oxygens (including phenoxy) is 1. The van der Waals surface area contributed by atoms with E-state index in [9.17, 15) is 9.59 Å². The van der Waals surface area contributed by atoms with E-state index in [1.54, 1.807) is 4.90 Å². The van der Waals surface area contributed by atoms with E-state index in [0.29, 0.717) is 32.2 Å². The van der Waals surface area contributed by atoms with E-state index in [-0.39, 0.29) is 18.5 Å². The van der Waals surface area contributed by atoms with Crippen LogP contribution in [0.25, 0.3) is 0 Å². The van der Waals surface area contributed by atoms with Gasteiger partial charge in [-0.05, 0) is 25.2 Å². The number of carboxylic acids is 1. The monoisotopic (exact) mass is 256 g/mol. The first kappa shape index (κ1) is 13.1. The number of hydrogen-bond donors (Lipinski definition) is 2. The highest BCUT2D eigenvalue weighted by Crippen LogP contribution is 2.34. The fraction of sp³-hybridized carbons (Fsp3) is 0.833. The number of nitrogens with zero attached hydrogens (tertiary/aromatic N) is 1. The molecule has 1 saturated heterocycles. The maximum absolute atomic E-state index is 12.0. The summed E-state index contributed by atoms with van der Waals surface area (Å²) in [5, 5.41) is 11.7. The second-order valence-corrected chi connectivity index (χ2v) is 4.94. The number of aliphatic carboxylic acids is 1. The second-order valence-electron chi connectivity index (χ2n) is 4.94. The van der Waals surface area contributed by atoms with Crippen LogP contribution in [-0.2, 0) is 9.53 Å². The maximum atomic E-state index is 12.0. The quantitative estimate of drug-likeness (QED) is 0.775. The molecule has 2 rings (SSSR count). The van der Waals surface area contributed by atoms with E-state index in [2.05, 4.69) is 5.32 Å². The van der Waals surface area contributed by atoms with Crippen molar-refractivity contribution in [2.45, 2.75) is 31.7 Å². The van der Waals surface area contributed by atoms with Crippen LogP contribution in [0.3, 0.4) is 0 Å². The van der Waals surface area contributed by atoms with Crippen molar-refractivity contribution in [2.75, 3.05) is 26.3 Å². The Morgan fingerprint density at radius 2 is 2.11 bits per heavy atom. The molecule has 0 bridgehead atoms. The third-order valence-electron chi connectivity index (χ3n) is 3.40. The van der Waals surface area contributed by atoms with E-state index < -0.39 is 5.97 Å². The molecule has 2 N–H and O–H groups in total. The minimum absolute atomic E-state index is 0.0146. The zero-order valence-electron chi connectivity index (χ0n) is 10.4. The Bertz CT molecular complexity index is 309. The predicted octanol–water partition coefficient (Wildman–Crippen LogP) is 0.672. The van der Waals surface area contributed by atoms with Crippen LogP contribution in [0, 0.1) is 5.92 Å². The summed E-state index contributed by atoms with van der Waals surface area (Å²) in [5.74, 6) is -0.514. The van der Waals surface area contributed by atoms with Crippen molar-refractivity contribution in [3.63, 3.8) is 0 Å². The fourth-order valence-electron chi connectivity index (χ4n) is 2.22. The van der Waals surface area contributed by atoms with Gasteiger partial charge in [0.05, 0.1) is 13.0 Å². The van der Waals surface area contributed by atoms with Crippen molar-refractivity contribution in [2.24, 2.45) is 5.92 Å². The van der Waals surface area contributed by atoms with E-state index in [1.807, 2.05) is 0 Å². The largest absolute Gasteiger partial charge is 0.481 e. The molecule has 0 aromatic carbocycles. The third-order valence-corrected chi connectivity index (χ3v) is 3.40. The normalized spacial score (nSPS) is 22.1. The average Bonchev–Trinajstić information content (AvgIpc) is 3.15. The van der Waals surface area contributed by atoms with E-state index >= 15 is 0 Å².